The summed E-state index contributed by atoms with van der Waals surface area (Å²) in [6.07, 6.45) is 3.23. The summed E-state index contributed by atoms with van der Waals surface area (Å²) in [6.45, 7) is 5.13. The Morgan fingerprint density at radius 2 is 2.00 bits per heavy atom. The summed E-state index contributed by atoms with van der Waals surface area (Å²) < 4.78 is 13.4. The fourth-order valence-electron chi connectivity index (χ4n) is 2.68. The molecule has 23 heavy (non-hydrogen) atoms. The third-order valence-corrected chi connectivity index (χ3v) is 4.18. The van der Waals surface area contributed by atoms with Gasteiger partial charge in [-0.15, -0.1) is 0 Å². The number of hydrogen-bond acceptors (Lipinski definition) is 2. The van der Waals surface area contributed by atoms with Gasteiger partial charge in [0, 0.05) is 31.2 Å². The van der Waals surface area contributed by atoms with Crippen LogP contribution in [0.15, 0.2) is 18.2 Å². The van der Waals surface area contributed by atoms with Crippen LogP contribution in [0.3, 0.4) is 0 Å². The SMILES string of the molecule is Cc1ccc(C(=O)NCCNC(=O)N2CCCCC2C)cc1F. The van der Waals surface area contributed by atoms with Crippen molar-refractivity contribution in [2.45, 2.75) is 39.2 Å². The van der Waals surface area contributed by atoms with Crippen molar-refractivity contribution in [2.24, 2.45) is 0 Å². The Balaban J connectivity index is 1.73. The molecule has 5 nitrogen and oxygen atoms in total. The second-order valence-corrected chi connectivity index (χ2v) is 5.99. The predicted octanol–water partition coefficient (Wildman–Crippen LogP) is 2.45. The van der Waals surface area contributed by atoms with Gasteiger partial charge < -0.3 is 15.5 Å². The minimum absolute atomic E-state index is 0.0900. The fraction of sp³-hybridized carbons (Fsp3) is 0.529. The Hall–Kier alpha value is -2.11. The molecule has 6 heteroatoms. The number of nitrogens with zero attached hydrogens (tertiary/aromatic N) is 1. The molecular formula is C17H24FN3O2. The van der Waals surface area contributed by atoms with Gasteiger partial charge in [-0.3, -0.25) is 4.79 Å². The lowest BCUT2D eigenvalue weighted by molar-refractivity contribution is 0.0952. The van der Waals surface area contributed by atoms with Gasteiger partial charge >= 0.3 is 6.03 Å². The number of nitrogens with one attached hydrogen (secondary N) is 2. The van der Waals surface area contributed by atoms with Gasteiger partial charge in [-0.25, -0.2) is 9.18 Å². The van der Waals surface area contributed by atoms with Crippen LogP contribution in [0.1, 0.15) is 42.1 Å². The fourth-order valence-corrected chi connectivity index (χ4v) is 2.68. The van der Waals surface area contributed by atoms with E-state index in [2.05, 4.69) is 10.6 Å². The Morgan fingerprint density at radius 1 is 1.26 bits per heavy atom. The molecule has 0 bridgehead atoms. The number of urea groups is 1. The van der Waals surface area contributed by atoms with E-state index in [4.69, 9.17) is 0 Å². The maximum Gasteiger partial charge on any atom is 0.317 e. The van der Waals surface area contributed by atoms with Gasteiger partial charge in [-0.1, -0.05) is 6.07 Å². The molecule has 3 amide bonds. The highest BCUT2D eigenvalue weighted by atomic mass is 19.1. The lowest BCUT2D eigenvalue weighted by Crippen LogP contribution is -2.48. The van der Waals surface area contributed by atoms with Gasteiger partial charge in [0.25, 0.3) is 5.91 Å². The number of hydrogen-bond donors (Lipinski definition) is 2. The Morgan fingerprint density at radius 3 is 2.70 bits per heavy atom. The third kappa shape index (κ3) is 4.68. The molecule has 0 saturated carbocycles. The first kappa shape index (κ1) is 17.2. The second kappa shape index (κ2) is 7.94. The van der Waals surface area contributed by atoms with E-state index in [0.29, 0.717) is 18.7 Å². The first-order valence-electron chi connectivity index (χ1n) is 8.08. The zero-order valence-electron chi connectivity index (χ0n) is 13.7. The molecule has 126 valence electrons. The van der Waals surface area contributed by atoms with Crippen LogP contribution < -0.4 is 10.6 Å². The summed E-state index contributed by atoms with van der Waals surface area (Å²) in [7, 11) is 0. The van der Waals surface area contributed by atoms with E-state index in [0.717, 1.165) is 25.8 Å². The highest BCUT2D eigenvalue weighted by Gasteiger charge is 2.22. The highest BCUT2D eigenvalue weighted by molar-refractivity contribution is 5.94. The number of amides is 3. The Kier molecular flexibility index (Phi) is 5.96. The number of piperidine rings is 1. The van der Waals surface area contributed by atoms with E-state index in [-0.39, 0.29) is 23.5 Å². The molecule has 1 atom stereocenters. The molecule has 1 unspecified atom stereocenters. The summed E-state index contributed by atoms with van der Waals surface area (Å²) in [5, 5.41) is 5.48. The van der Waals surface area contributed by atoms with Gasteiger partial charge in [0.1, 0.15) is 5.82 Å². The molecule has 0 aromatic heterocycles. The molecule has 2 N–H and O–H groups in total. The molecular weight excluding hydrogens is 297 g/mol. The van der Waals surface area contributed by atoms with Crippen LogP contribution >= 0.6 is 0 Å². The lowest BCUT2D eigenvalue weighted by atomic mass is 10.0. The molecule has 1 saturated heterocycles. The van der Waals surface area contributed by atoms with Gasteiger partial charge in [0.2, 0.25) is 0 Å². The Labute approximate surface area is 136 Å². The maximum absolute atomic E-state index is 13.4. The van der Waals surface area contributed by atoms with Crippen LogP contribution in [0.25, 0.3) is 0 Å². The van der Waals surface area contributed by atoms with Gasteiger partial charge in [-0.2, -0.15) is 0 Å². The summed E-state index contributed by atoms with van der Waals surface area (Å²) in [4.78, 5) is 25.8. The first-order valence-corrected chi connectivity index (χ1v) is 8.08. The highest BCUT2D eigenvalue weighted by Crippen LogP contribution is 2.15. The summed E-state index contributed by atoms with van der Waals surface area (Å²) in [5.74, 6) is -0.741. The van der Waals surface area contributed by atoms with Gasteiger partial charge in [0.05, 0.1) is 0 Å². The molecule has 1 aliphatic heterocycles. The molecule has 0 aliphatic carbocycles. The summed E-state index contributed by atoms with van der Waals surface area (Å²) in [5.41, 5.74) is 0.786. The van der Waals surface area contributed by atoms with E-state index in [1.54, 1.807) is 19.1 Å². The minimum atomic E-state index is -0.398. The molecule has 0 spiro atoms. The number of aryl methyl sites for hydroxylation is 1. The van der Waals surface area contributed by atoms with Crippen LogP contribution in [-0.4, -0.2) is 42.5 Å². The van der Waals surface area contributed by atoms with E-state index >= 15 is 0 Å². The van der Waals surface area contributed by atoms with Crippen LogP contribution in [0, 0.1) is 12.7 Å². The zero-order chi connectivity index (χ0) is 16.8. The van der Waals surface area contributed by atoms with Crippen LogP contribution in [-0.2, 0) is 0 Å². The molecule has 0 radical (unpaired) electrons. The molecule has 2 rings (SSSR count). The standard InChI is InChI=1S/C17H24FN3O2/c1-12-6-7-14(11-15(12)18)16(22)19-8-9-20-17(23)21-10-4-3-5-13(21)2/h6-7,11,13H,3-5,8-10H2,1-2H3,(H,19,22)(H,20,23). The largest absolute Gasteiger partial charge is 0.350 e. The first-order chi connectivity index (χ1) is 11.0. The van der Waals surface area contributed by atoms with Crippen LogP contribution in [0.5, 0.6) is 0 Å². The summed E-state index contributed by atoms with van der Waals surface area (Å²) >= 11 is 0. The number of rotatable bonds is 4. The third-order valence-electron chi connectivity index (χ3n) is 4.18. The van der Waals surface area contributed by atoms with Gasteiger partial charge in [0.15, 0.2) is 0 Å². The van der Waals surface area contributed by atoms with Crippen molar-refractivity contribution < 1.29 is 14.0 Å². The number of benzene rings is 1. The average molecular weight is 321 g/mol. The predicted molar refractivity (Wildman–Crippen MR) is 86.9 cm³/mol. The Bertz CT molecular complexity index is 577. The lowest BCUT2D eigenvalue weighted by Gasteiger charge is -2.33. The normalized spacial score (nSPS) is 17.7. The van der Waals surface area contributed by atoms with Crippen molar-refractivity contribution in [2.75, 3.05) is 19.6 Å². The van der Waals surface area contributed by atoms with E-state index in [1.165, 1.54) is 6.07 Å². The molecule has 1 heterocycles. The van der Waals surface area contributed by atoms with Crippen molar-refractivity contribution in [3.05, 3.63) is 35.1 Å². The van der Waals surface area contributed by atoms with Gasteiger partial charge in [-0.05, 0) is 50.8 Å². The number of carbonyl (C=O) groups excluding carboxylic acids is 2. The number of halogens is 1. The number of likely N-dealkylation sites (tertiary alicyclic amines) is 1. The minimum Gasteiger partial charge on any atom is -0.350 e. The van der Waals surface area contributed by atoms with E-state index < -0.39 is 5.82 Å². The van der Waals surface area contributed by atoms with E-state index in [9.17, 15) is 14.0 Å². The van der Waals surface area contributed by atoms with Crippen LogP contribution in [0.4, 0.5) is 9.18 Å². The monoisotopic (exact) mass is 321 g/mol. The molecule has 1 aliphatic rings. The van der Waals surface area contributed by atoms with Crippen molar-refractivity contribution >= 4 is 11.9 Å². The van der Waals surface area contributed by atoms with E-state index in [1.807, 2.05) is 11.8 Å². The maximum atomic E-state index is 13.4. The van der Waals surface area contributed by atoms with Crippen LogP contribution in [0.2, 0.25) is 0 Å². The zero-order valence-corrected chi connectivity index (χ0v) is 13.7. The smallest absolute Gasteiger partial charge is 0.317 e. The van der Waals surface area contributed by atoms with Crippen molar-refractivity contribution in [1.29, 1.82) is 0 Å². The quantitative estimate of drug-likeness (QED) is 0.837. The number of carbonyl (C=O) groups is 2. The van der Waals surface area contributed by atoms with Crippen molar-refractivity contribution in [1.82, 2.24) is 15.5 Å². The average Bonchev–Trinajstić information content (AvgIpc) is 2.54. The molecule has 1 fully saturated rings. The topological polar surface area (TPSA) is 61.4 Å². The molecule has 1 aromatic carbocycles. The molecule has 1 aromatic rings. The van der Waals surface area contributed by atoms with Crippen molar-refractivity contribution in [3.8, 4) is 0 Å². The van der Waals surface area contributed by atoms with Crippen molar-refractivity contribution in [3.63, 3.8) is 0 Å². The summed E-state index contributed by atoms with van der Waals surface area (Å²) in [6, 6.07) is 4.55. The second-order valence-electron chi connectivity index (χ2n) is 5.99.